The Bertz CT molecular complexity index is 370. The molecule has 0 amide bonds. The van der Waals surface area contributed by atoms with E-state index in [9.17, 15) is 4.39 Å². The van der Waals surface area contributed by atoms with Crippen molar-refractivity contribution >= 4 is 5.69 Å². The topological polar surface area (TPSA) is 38.5 Å². The van der Waals surface area contributed by atoms with Crippen molar-refractivity contribution in [3.8, 4) is 0 Å². The molecule has 1 unspecified atom stereocenters. The van der Waals surface area contributed by atoms with Crippen LogP contribution >= 0.6 is 0 Å². The molecule has 0 aromatic heterocycles. The lowest BCUT2D eigenvalue weighted by Gasteiger charge is -2.35. The Kier molecular flexibility index (Phi) is 3.41. The molecule has 4 heteroatoms. The number of nitrogens with zero attached hydrogens (tertiary/aromatic N) is 1. The Morgan fingerprint density at radius 2 is 2.38 bits per heavy atom. The van der Waals surface area contributed by atoms with Gasteiger partial charge in [-0.3, -0.25) is 0 Å². The maximum absolute atomic E-state index is 13.6. The van der Waals surface area contributed by atoms with Crippen molar-refractivity contribution < 1.29 is 9.13 Å². The van der Waals surface area contributed by atoms with Crippen molar-refractivity contribution in [2.75, 3.05) is 24.7 Å². The van der Waals surface area contributed by atoms with E-state index in [-0.39, 0.29) is 18.4 Å². The zero-order chi connectivity index (χ0) is 11.5. The van der Waals surface area contributed by atoms with Gasteiger partial charge in [0.2, 0.25) is 0 Å². The van der Waals surface area contributed by atoms with E-state index in [4.69, 9.17) is 10.5 Å². The zero-order valence-corrected chi connectivity index (χ0v) is 9.45. The van der Waals surface area contributed by atoms with Gasteiger partial charge in [-0.2, -0.15) is 0 Å². The van der Waals surface area contributed by atoms with E-state index in [1.807, 2.05) is 6.07 Å². The van der Waals surface area contributed by atoms with Crippen LogP contribution in [-0.4, -0.2) is 25.8 Å². The SMILES string of the molecule is CC1COCCN1c1ccc(CN)c(F)c1. The first kappa shape index (κ1) is 11.4. The van der Waals surface area contributed by atoms with E-state index >= 15 is 0 Å². The Labute approximate surface area is 95.0 Å². The fourth-order valence-corrected chi connectivity index (χ4v) is 1.99. The molecular formula is C12H17FN2O. The second kappa shape index (κ2) is 4.80. The van der Waals surface area contributed by atoms with E-state index in [1.54, 1.807) is 12.1 Å². The molecule has 1 atom stereocenters. The maximum Gasteiger partial charge on any atom is 0.129 e. The van der Waals surface area contributed by atoms with Crippen LogP contribution in [0.2, 0.25) is 0 Å². The van der Waals surface area contributed by atoms with Crippen LogP contribution in [0.3, 0.4) is 0 Å². The van der Waals surface area contributed by atoms with Crippen molar-refractivity contribution in [2.24, 2.45) is 5.73 Å². The molecule has 1 aromatic carbocycles. The van der Waals surface area contributed by atoms with E-state index in [1.165, 1.54) is 0 Å². The highest BCUT2D eigenvalue weighted by Crippen LogP contribution is 2.22. The van der Waals surface area contributed by atoms with Crippen LogP contribution in [0.5, 0.6) is 0 Å². The maximum atomic E-state index is 13.6. The van der Waals surface area contributed by atoms with Gasteiger partial charge in [-0.25, -0.2) is 4.39 Å². The molecule has 1 saturated heterocycles. The first-order valence-corrected chi connectivity index (χ1v) is 5.55. The number of ether oxygens (including phenoxy) is 1. The van der Waals surface area contributed by atoms with Crippen LogP contribution in [0, 0.1) is 5.82 Å². The highest BCUT2D eigenvalue weighted by atomic mass is 19.1. The van der Waals surface area contributed by atoms with Crippen LogP contribution in [0.15, 0.2) is 18.2 Å². The van der Waals surface area contributed by atoms with Gasteiger partial charge in [0.25, 0.3) is 0 Å². The van der Waals surface area contributed by atoms with E-state index in [2.05, 4.69) is 11.8 Å². The molecule has 2 N–H and O–H groups in total. The molecule has 0 saturated carbocycles. The lowest BCUT2D eigenvalue weighted by atomic mass is 10.1. The third kappa shape index (κ3) is 2.18. The zero-order valence-electron chi connectivity index (χ0n) is 9.45. The highest BCUT2D eigenvalue weighted by Gasteiger charge is 2.19. The predicted octanol–water partition coefficient (Wildman–Crippen LogP) is 1.51. The Balaban J connectivity index is 2.22. The van der Waals surface area contributed by atoms with Crippen LogP contribution < -0.4 is 10.6 Å². The summed E-state index contributed by atoms with van der Waals surface area (Å²) >= 11 is 0. The standard InChI is InChI=1S/C12H17FN2O/c1-9-8-16-5-4-15(9)11-3-2-10(7-14)12(13)6-11/h2-3,6,9H,4-5,7-8,14H2,1H3. The minimum atomic E-state index is -0.223. The quantitative estimate of drug-likeness (QED) is 0.827. The Morgan fingerprint density at radius 1 is 1.56 bits per heavy atom. The molecule has 1 heterocycles. The molecular weight excluding hydrogens is 207 g/mol. The molecule has 1 aliphatic heterocycles. The lowest BCUT2D eigenvalue weighted by Crippen LogP contribution is -2.43. The van der Waals surface area contributed by atoms with Gasteiger partial charge >= 0.3 is 0 Å². The molecule has 88 valence electrons. The minimum absolute atomic E-state index is 0.223. The molecule has 1 aliphatic rings. The summed E-state index contributed by atoms with van der Waals surface area (Å²) in [5, 5.41) is 0. The number of benzene rings is 1. The lowest BCUT2D eigenvalue weighted by molar-refractivity contribution is 0.0989. The normalized spacial score (nSPS) is 21.2. The van der Waals surface area contributed by atoms with Crippen molar-refractivity contribution in [3.05, 3.63) is 29.6 Å². The predicted molar refractivity (Wildman–Crippen MR) is 61.9 cm³/mol. The summed E-state index contributed by atoms with van der Waals surface area (Å²) in [5.41, 5.74) is 6.90. The van der Waals surface area contributed by atoms with Crippen molar-refractivity contribution in [3.63, 3.8) is 0 Å². The number of nitrogens with two attached hydrogens (primary N) is 1. The first-order chi connectivity index (χ1) is 7.72. The van der Waals surface area contributed by atoms with Crippen molar-refractivity contribution in [2.45, 2.75) is 19.5 Å². The molecule has 0 spiro atoms. The largest absolute Gasteiger partial charge is 0.377 e. The van der Waals surface area contributed by atoms with Gasteiger partial charge in [-0.15, -0.1) is 0 Å². The second-order valence-corrected chi connectivity index (χ2v) is 4.10. The van der Waals surface area contributed by atoms with E-state index in [0.717, 1.165) is 12.2 Å². The third-order valence-electron chi connectivity index (χ3n) is 2.96. The van der Waals surface area contributed by atoms with Crippen molar-refractivity contribution in [1.82, 2.24) is 0 Å². The molecule has 0 aliphatic carbocycles. The van der Waals surface area contributed by atoms with Gasteiger partial charge in [0.15, 0.2) is 0 Å². The van der Waals surface area contributed by atoms with Gasteiger partial charge in [-0.05, 0) is 19.1 Å². The van der Waals surface area contributed by atoms with E-state index < -0.39 is 0 Å². The van der Waals surface area contributed by atoms with Crippen LogP contribution in [0.25, 0.3) is 0 Å². The summed E-state index contributed by atoms with van der Waals surface area (Å²) in [4.78, 5) is 2.16. The fraction of sp³-hybridized carbons (Fsp3) is 0.500. The van der Waals surface area contributed by atoms with Crippen LogP contribution in [0.4, 0.5) is 10.1 Å². The number of hydrogen-bond acceptors (Lipinski definition) is 3. The van der Waals surface area contributed by atoms with Gasteiger partial charge in [0, 0.05) is 30.4 Å². The molecule has 0 radical (unpaired) electrons. The van der Waals surface area contributed by atoms with Gasteiger partial charge < -0.3 is 15.4 Å². The monoisotopic (exact) mass is 224 g/mol. The summed E-state index contributed by atoms with van der Waals surface area (Å²) in [6.07, 6.45) is 0. The Hall–Kier alpha value is -1.13. The first-order valence-electron chi connectivity index (χ1n) is 5.55. The summed E-state index contributed by atoms with van der Waals surface area (Å²) in [6, 6.07) is 5.53. The van der Waals surface area contributed by atoms with Crippen LogP contribution in [-0.2, 0) is 11.3 Å². The Morgan fingerprint density at radius 3 is 3.00 bits per heavy atom. The number of hydrogen-bond donors (Lipinski definition) is 1. The molecule has 16 heavy (non-hydrogen) atoms. The second-order valence-electron chi connectivity index (χ2n) is 4.10. The minimum Gasteiger partial charge on any atom is -0.377 e. The van der Waals surface area contributed by atoms with Gasteiger partial charge in [0.1, 0.15) is 5.82 Å². The molecule has 3 nitrogen and oxygen atoms in total. The van der Waals surface area contributed by atoms with Gasteiger partial charge in [-0.1, -0.05) is 6.07 Å². The summed E-state index contributed by atoms with van der Waals surface area (Å²) in [7, 11) is 0. The smallest absolute Gasteiger partial charge is 0.129 e. The van der Waals surface area contributed by atoms with E-state index in [0.29, 0.717) is 18.8 Å². The number of halogens is 1. The number of anilines is 1. The van der Waals surface area contributed by atoms with Crippen molar-refractivity contribution in [1.29, 1.82) is 0 Å². The molecule has 1 fully saturated rings. The summed E-state index contributed by atoms with van der Waals surface area (Å²) < 4.78 is 18.9. The number of morpholine rings is 1. The molecule has 0 bridgehead atoms. The third-order valence-corrected chi connectivity index (χ3v) is 2.96. The fourth-order valence-electron chi connectivity index (χ4n) is 1.99. The molecule has 1 aromatic rings. The average molecular weight is 224 g/mol. The van der Waals surface area contributed by atoms with Gasteiger partial charge in [0.05, 0.1) is 13.2 Å². The average Bonchev–Trinajstić information content (AvgIpc) is 2.29. The molecule has 2 rings (SSSR count). The summed E-state index contributed by atoms with van der Waals surface area (Å²) in [6.45, 7) is 4.52. The number of rotatable bonds is 2. The summed E-state index contributed by atoms with van der Waals surface area (Å²) in [5.74, 6) is -0.223. The highest BCUT2D eigenvalue weighted by molar-refractivity contribution is 5.49. The van der Waals surface area contributed by atoms with Crippen LogP contribution in [0.1, 0.15) is 12.5 Å².